The van der Waals surface area contributed by atoms with Crippen molar-refractivity contribution in [2.24, 2.45) is 0 Å². The Labute approximate surface area is 77.4 Å². The minimum Gasteiger partial charge on any atom is -0.463 e. The molecule has 1 rings (SSSR count). The molecule has 0 unspecified atom stereocenters. The summed E-state index contributed by atoms with van der Waals surface area (Å²) in [5.41, 5.74) is 1.23. The molecule has 0 saturated carbocycles. The summed E-state index contributed by atoms with van der Waals surface area (Å²) in [6.07, 6.45) is 3.90. The number of ether oxygens (including phenoxy) is 1. The molecule has 0 atom stereocenters. The van der Waals surface area contributed by atoms with Crippen LogP contribution in [0.4, 0.5) is 0 Å². The van der Waals surface area contributed by atoms with E-state index in [1.54, 1.807) is 6.08 Å². The van der Waals surface area contributed by atoms with Gasteiger partial charge < -0.3 is 4.74 Å². The Kier molecular flexibility index (Phi) is 4.22. The van der Waals surface area contributed by atoms with E-state index in [1.165, 1.54) is 17.7 Å². The monoisotopic (exact) mass is 186 g/mol. The number of carbonyl (C=O) groups excluding carboxylic acids is 1. The first-order valence-corrected chi connectivity index (χ1v) is 5.42. The molecule has 0 radical (unpaired) electrons. The second kappa shape index (κ2) is 5.25. The Morgan fingerprint density at radius 2 is 2.58 bits per heavy atom. The van der Waals surface area contributed by atoms with E-state index in [0.717, 1.165) is 12.2 Å². The summed E-state index contributed by atoms with van der Waals surface area (Å²) in [5.74, 6) is 2.04. The highest BCUT2D eigenvalue weighted by Crippen LogP contribution is 2.21. The highest BCUT2D eigenvalue weighted by atomic mass is 32.2. The van der Waals surface area contributed by atoms with Gasteiger partial charge in [0.25, 0.3) is 0 Å². The van der Waals surface area contributed by atoms with Crippen molar-refractivity contribution >= 4 is 17.7 Å². The van der Waals surface area contributed by atoms with Gasteiger partial charge in [-0.3, -0.25) is 0 Å². The van der Waals surface area contributed by atoms with Crippen LogP contribution in [0.1, 0.15) is 19.8 Å². The third-order valence-electron chi connectivity index (χ3n) is 1.68. The normalized spacial score (nSPS) is 20.9. The van der Waals surface area contributed by atoms with Crippen LogP contribution < -0.4 is 0 Å². The average molecular weight is 186 g/mol. The van der Waals surface area contributed by atoms with Crippen LogP contribution in [0.25, 0.3) is 0 Å². The molecular weight excluding hydrogens is 172 g/mol. The molecule has 0 bridgehead atoms. The maximum Gasteiger partial charge on any atom is 0.330 e. The summed E-state index contributed by atoms with van der Waals surface area (Å²) in [7, 11) is 0. The molecule has 1 saturated heterocycles. The summed E-state index contributed by atoms with van der Waals surface area (Å²) in [5, 5.41) is 0. The van der Waals surface area contributed by atoms with Crippen LogP contribution in [0.15, 0.2) is 11.6 Å². The topological polar surface area (TPSA) is 26.3 Å². The molecule has 1 heterocycles. The number of hydrogen-bond acceptors (Lipinski definition) is 3. The van der Waals surface area contributed by atoms with Crippen molar-refractivity contribution < 1.29 is 9.53 Å². The van der Waals surface area contributed by atoms with E-state index in [2.05, 4.69) is 0 Å². The number of thioether (sulfide) groups is 1. The van der Waals surface area contributed by atoms with Crippen molar-refractivity contribution in [1.82, 2.24) is 0 Å². The summed E-state index contributed by atoms with van der Waals surface area (Å²) in [4.78, 5) is 11.0. The number of esters is 1. The van der Waals surface area contributed by atoms with Crippen molar-refractivity contribution in [3.63, 3.8) is 0 Å². The molecule has 0 aromatic rings. The zero-order chi connectivity index (χ0) is 8.81. The Morgan fingerprint density at radius 1 is 1.75 bits per heavy atom. The van der Waals surface area contributed by atoms with Crippen LogP contribution >= 0.6 is 11.8 Å². The zero-order valence-electron chi connectivity index (χ0n) is 7.34. The number of hydrogen-bond donors (Lipinski definition) is 0. The van der Waals surface area contributed by atoms with Crippen LogP contribution in [0, 0.1) is 0 Å². The van der Waals surface area contributed by atoms with Crippen molar-refractivity contribution in [2.75, 3.05) is 18.1 Å². The first kappa shape index (κ1) is 9.65. The van der Waals surface area contributed by atoms with Gasteiger partial charge in [0.2, 0.25) is 0 Å². The maximum atomic E-state index is 11.0. The fourth-order valence-corrected chi connectivity index (χ4v) is 2.12. The van der Waals surface area contributed by atoms with Crippen LogP contribution in [-0.2, 0) is 9.53 Å². The molecule has 3 heteroatoms. The Morgan fingerprint density at radius 3 is 3.17 bits per heavy atom. The smallest absolute Gasteiger partial charge is 0.330 e. The predicted molar refractivity (Wildman–Crippen MR) is 51.3 cm³/mol. The van der Waals surface area contributed by atoms with E-state index in [-0.39, 0.29) is 5.97 Å². The summed E-state index contributed by atoms with van der Waals surface area (Å²) in [6.45, 7) is 2.29. The van der Waals surface area contributed by atoms with E-state index >= 15 is 0 Å². The van der Waals surface area contributed by atoms with Crippen molar-refractivity contribution in [2.45, 2.75) is 19.8 Å². The Hall–Kier alpha value is -0.440. The van der Waals surface area contributed by atoms with Crippen molar-refractivity contribution in [1.29, 1.82) is 0 Å². The first-order valence-electron chi connectivity index (χ1n) is 4.27. The molecule has 0 spiro atoms. The molecule has 1 fully saturated rings. The van der Waals surface area contributed by atoms with Gasteiger partial charge in [-0.1, -0.05) is 5.57 Å². The van der Waals surface area contributed by atoms with Crippen LogP contribution in [0.2, 0.25) is 0 Å². The van der Waals surface area contributed by atoms with E-state index < -0.39 is 0 Å². The minimum absolute atomic E-state index is 0.185. The van der Waals surface area contributed by atoms with Gasteiger partial charge in [-0.15, -0.1) is 0 Å². The lowest BCUT2D eigenvalue weighted by atomic mass is 10.1. The van der Waals surface area contributed by atoms with E-state index in [9.17, 15) is 4.79 Å². The lowest BCUT2D eigenvalue weighted by Gasteiger charge is -2.12. The fraction of sp³-hybridized carbons (Fsp3) is 0.667. The van der Waals surface area contributed by atoms with E-state index in [4.69, 9.17) is 4.74 Å². The van der Waals surface area contributed by atoms with Gasteiger partial charge in [0.15, 0.2) is 0 Å². The van der Waals surface area contributed by atoms with Gasteiger partial charge in [0.1, 0.15) is 0 Å². The second-order valence-electron chi connectivity index (χ2n) is 2.71. The summed E-state index contributed by atoms with van der Waals surface area (Å²) in [6, 6.07) is 0. The summed E-state index contributed by atoms with van der Waals surface area (Å²) >= 11 is 1.89. The van der Waals surface area contributed by atoms with Gasteiger partial charge in [-0.05, 0) is 25.5 Å². The van der Waals surface area contributed by atoms with Crippen LogP contribution in [0.3, 0.4) is 0 Å². The molecule has 0 aromatic carbocycles. The molecule has 1 aliphatic rings. The molecule has 0 N–H and O–H groups in total. The molecule has 1 aliphatic heterocycles. The SMILES string of the molecule is CCOC(=O)/C=C1/CCCSC1. The quantitative estimate of drug-likeness (QED) is 0.487. The standard InChI is InChI=1S/C9H14O2S/c1-2-11-9(10)6-8-4-3-5-12-7-8/h6H,2-5,7H2,1H3/b8-6-. The van der Waals surface area contributed by atoms with Crippen LogP contribution in [-0.4, -0.2) is 24.1 Å². The third kappa shape index (κ3) is 3.30. The van der Waals surface area contributed by atoms with Gasteiger partial charge in [-0.2, -0.15) is 11.8 Å². The lowest BCUT2D eigenvalue weighted by Crippen LogP contribution is -2.05. The maximum absolute atomic E-state index is 11.0. The third-order valence-corrected chi connectivity index (χ3v) is 2.83. The number of rotatable bonds is 2. The first-order chi connectivity index (χ1) is 5.83. The fourth-order valence-electron chi connectivity index (χ4n) is 1.14. The van der Waals surface area contributed by atoms with Gasteiger partial charge in [0.05, 0.1) is 6.61 Å². The Bertz CT molecular complexity index is 179. The van der Waals surface area contributed by atoms with E-state index in [1.807, 2.05) is 18.7 Å². The Balaban J connectivity index is 2.37. The zero-order valence-corrected chi connectivity index (χ0v) is 8.15. The van der Waals surface area contributed by atoms with Crippen LogP contribution in [0.5, 0.6) is 0 Å². The average Bonchev–Trinajstić information content (AvgIpc) is 2.06. The summed E-state index contributed by atoms with van der Waals surface area (Å²) < 4.78 is 4.82. The molecule has 12 heavy (non-hydrogen) atoms. The van der Waals surface area contributed by atoms with Gasteiger partial charge in [-0.25, -0.2) is 4.79 Å². The minimum atomic E-state index is -0.185. The molecule has 0 aliphatic carbocycles. The predicted octanol–water partition coefficient (Wildman–Crippen LogP) is 2.00. The highest BCUT2D eigenvalue weighted by molar-refractivity contribution is 7.99. The molecule has 0 aromatic heterocycles. The molecule has 2 nitrogen and oxygen atoms in total. The lowest BCUT2D eigenvalue weighted by molar-refractivity contribution is -0.137. The second-order valence-corrected chi connectivity index (χ2v) is 3.82. The van der Waals surface area contributed by atoms with Crippen molar-refractivity contribution in [3.05, 3.63) is 11.6 Å². The highest BCUT2D eigenvalue weighted by Gasteiger charge is 2.07. The molecular formula is C9H14O2S. The van der Waals surface area contributed by atoms with Gasteiger partial charge >= 0.3 is 5.97 Å². The van der Waals surface area contributed by atoms with E-state index in [0.29, 0.717) is 6.61 Å². The molecule has 0 amide bonds. The largest absolute Gasteiger partial charge is 0.463 e. The molecule has 68 valence electrons. The number of carbonyl (C=O) groups is 1. The van der Waals surface area contributed by atoms with Crippen molar-refractivity contribution in [3.8, 4) is 0 Å². The van der Waals surface area contributed by atoms with Gasteiger partial charge in [0, 0.05) is 11.8 Å².